The summed E-state index contributed by atoms with van der Waals surface area (Å²) in [5.41, 5.74) is 1.10. The maximum atomic E-state index is 12.1. The van der Waals surface area contributed by atoms with Crippen molar-refractivity contribution in [3.8, 4) is 0 Å². The molecule has 7 heteroatoms. The monoisotopic (exact) mass is 338 g/mol. The summed E-state index contributed by atoms with van der Waals surface area (Å²) in [5, 5.41) is 6.16. The summed E-state index contributed by atoms with van der Waals surface area (Å²) in [5.74, 6) is 0.487. The summed E-state index contributed by atoms with van der Waals surface area (Å²) in [7, 11) is 0. The van der Waals surface area contributed by atoms with Crippen molar-refractivity contribution in [1.29, 1.82) is 0 Å². The Hall–Kier alpha value is -1.63. The van der Waals surface area contributed by atoms with E-state index < -0.39 is 0 Å². The first-order valence-corrected chi connectivity index (χ1v) is 7.83. The fourth-order valence-electron chi connectivity index (χ4n) is 2.30. The zero-order chi connectivity index (χ0) is 14.7. The summed E-state index contributed by atoms with van der Waals surface area (Å²) in [6.07, 6.45) is 1.82. The summed E-state index contributed by atoms with van der Waals surface area (Å²) < 4.78 is 0. The van der Waals surface area contributed by atoms with Gasteiger partial charge in [0.2, 0.25) is 0 Å². The molecule has 0 spiro atoms. The molecule has 0 saturated carbocycles. The second-order valence-corrected chi connectivity index (χ2v) is 6.29. The molecule has 22 heavy (non-hydrogen) atoms. The van der Waals surface area contributed by atoms with Gasteiger partial charge in [-0.3, -0.25) is 4.79 Å². The molecule has 0 bridgehead atoms. The van der Waals surface area contributed by atoms with E-state index in [1.54, 1.807) is 0 Å². The van der Waals surface area contributed by atoms with E-state index >= 15 is 0 Å². The van der Waals surface area contributed by atoms with Gasteiger partial charge in [-0.15, -0.1) is 23.7 Å². The van der Waals surface area contributed by atoms with Crippen LogP contribution in [0.3, 0.4) is 0 Å². The Bertz CT molecular complexity index is 623. The van der Waals surface area contributed by atoms with Crippen LogP contribution in [-0.2, 0) is 0 Å². The number of halogens is 1. The van der Waals surface area contributed by atoms with E-state index in [4.69, 9.17) is 0 Å². The Balaban J connectivity index is 0.00000176. The third-order valence-corrected chi connectivity index (χ3v) is 4.44. The van der Waals surface area contributed by atoms with E-state index in [2.05, 4.69) is 20.5 Å². The zero-order valence-electron chi connectivity index (χ0n) is 12.3. The summed E-state index contributed by atoms with van der Waals surface area (Å²) in [6.45, 7) is 5.96. The minimum atomic E-state index is -0.101. The molecule has 2 N–H and O–H groups in total. The van der Waals surface area contributed by atoms with Crippen molar-refractivity contribution in [1.82, 2.24) is 10.3 Å². The van der Waals surface area contributed by atoms with Gasteiger partial charge in [0.15, 0.2) is 0 Å². The van der Waals surface area contributed by atoms with Crippen LogP contribution in [0.1, 0.15) is 14.5 Å². The van der Waals surface area contributed by atoms with Crippen molar-refractivity contribution in [2.24, 2.45) is 0 Å². The predicted molar refractivity (Wildman–Crippen MR) is 93.6 cm³/mol. The van der Waals surface area contributed by atoms with Crippen LogP contribution in [-0.4, -0.2) is 37.1 Å². The summed E-state index contributed by atoms with van der Waals surface area (Å²) in [6, 6.07) is 7.65. The quantitative estimate of drug-likeness (QED) is 0.903. The molecule has 3 heterocycles. The Morgan fingerprint density at radius 1 is 1.27 bits per heavy atom. The molecule has 0 aliphatic carbocycles. The number of piperazine rings is 1. The molecular formula is C15H19ClN4OS. The fourth-order valence-corrected chi connectivity index (χ4v) is 3.07. The lowest BCUT2D eigenvalue weighted by Gasteiger charge is -2.29. The maximum absolute atomic E-state index is 12.1. The van der Waals surface area contributed by atoms with Gasteiger partial charge in [-0.2, -0.15) is 0 Å². The van der Waals surface area contributed by atoms with E-state index in [1.165, 1.54) is 11.3 Å². The van der Waals surface area contributed by atoms with Crippen molar-refractivity contribution < 1.29 is 4.79 Å². The van der Waals surface area contributed by atoms with Gasteiger partial charge in [0.25, 0.3) is 5.91 Å². The highest BCUT2D eigenvalue weighted by Crippen LogP contribution is 2.18. The van der Waals surface area contributed by atoms with Gasteiger partial charge in [0, 0.05) is 31.1 Å². The van der Waals surface area contributed by atoms with E-state index in [0.29, 0.717) is 10.7 Å². The van der Waals surface area contributed by atoms with Gasteiger partial charge in [-0.05, 0) is 31.2 Å². The molecular weight excluding hydrogens is 320 g/mol. The Morgan fingerprint density at radius 2 is 2.05 bits per heavy atom. The van der Waals surface area contributed by atoms with Crippen LogP contribution in [0.25, 0.3) is 0 Å². The van der Waals surface area contributed by atoms with Crippen LogP contribution < -0.4 is 15.5 Å². The number of rotatable bonds is 3. The summed E-state index contributed by atoms with van der Waals surface area (Å²) >= 11 is 1.49. The van der Waals surface area contributed by atoms with E-state index in [-0.39, 0.29) is 18.3 Å². The number of aryl methyl sites for hydroxylation is 1. The van der Waals surface area contributed by atoms with Gasteiger partial charge in [0.1, 0.15) is 5.82 Å². The highest BCUT2D eigenvalue weighted by Gasteiger charge is 2.12. The van der Waals surface area contributed by atoms with E-state index in [9.17, 15) is 4.79 Å². The first-order chi connectivity index (χ1) is 10.2. The molecule has 0 atom stereocenters. The standard InChI is InChI=1S/C15H18N4OS.ClH/c1-11-2-4-13(21-11)15(20)18-14-5-3-12(10-17-14)19-8-6-16-7-9-19;/h2-5,10,16H,6-9H2,1H3,(H,17,18,20);1H. The number of pyridine rings is 1. The Morgan fingerprint density at radius 3 is 2.64 bits per heavy atom. The van der Waals surface area contributed by atoms with Crippen LogP contribution in [0, 0.1) is 6.92 Å². The minimum absolute atomic E-state index is 0. The average Bonchev–Trinajstić information content (AvgIpc) is 2.96. The van der Waals surface area contributed by atoms with E-state index in [1.807, 2.05) is 37.4 Å². The second kappa shape index (κ2) is 7.58. The number of aromatic nitrogens is 1. The van der Waals surface area contributed by atoms with Crippen molar-refractivity contribution in [2.75, 3.05) is 36.4 Å². The molecule has 2 aromatic rings. The third-order valence-electron chi connectivity index (χ3n) is 3.44. The molecule has 1 saturated heterocycles. The first-order valence-electron chi connectivity index (χ1n) is 7.02. The number of carbonyl (C=O) groups is 1. The second-order valence-electron chi connectivity index (χ2n) is 5.00. The molecule has 3 rings (SSSR count). The lowest BCUT2D eigenvalue weighted by atomic mass is 10.3. The van der Waals surface area contributed by atoms with Gasteiger partial charge in [0.05, 0.1) is 16.8 Å². The molecule has 1 aliphatic rings. The molecule has 0 radical (unpaired) electrons. The number of hydrogen-bond donors (Lipinski definition) is 2. The van der Waals surface area contributed by atoms with Gasteiger partial charge >= 0.3 is 0 Å². The first kappa shape index (κ1) is 16.7. The molecule has 0 aromatic carbocycles. The molecule has 1 amide bonds. The predicted octanol–water partition coefficient (Wildman–Crippen LogP) is 2.54. The van der Waals surface area contributed by atoms with Gasteiger partial charge in [-0.1, -0.05) is 0 Å². The third kappa shape index (κ3) is 3.97. The van der Waals surface area contributed by atoms with Gasteiger partial charge < -0.3 is 15.5 Å². The van der Waals surface area contributed by atoms with Crippen molar-refractivity contribution in [3.63, 3.8) is 0 Å². The highest BCUT2D eigenvalue weighted by molar-refractivity contribution is 7.14. The molecule has 5 nitrogen and oxygen atoms in total. The van der Waals surface area contributed by atoms with E-state index in [0.717, 1.165) is 36.7 Å². The SMILES string of the molecule is Cc1ccc(C(=O)Nc2ccc(N3CCNCC3)cn2)s1.Cl. The smallest absolute Gasteiger partial charge is 0.266 e. The molecule has 118 valence electrons. The number of anilines is 2. The van der Waals surface area contributed by atoms with Gasteiger partial charge in [-0.25, -0.2) is 4.98 Å². The fraction of sp³-hybridized carbons (Fsp3) is 0.333. The number of nitrogens with zero attached hydrogens (tertiary/aromatic N) is 2. The number of nitrogens with one attached hydrogen (secondary N) is 2. The zero-order valence-corrected chi connectivity index (χ0v) is 14.0. The molecule has 0 unspecified atom stereocenters. The lowest BCUT2D eigenvalue weighted by molar-refractivity contribution is 0.103. The molecule has 1 aliphatic heterocycles. The lowest BCUT2D eigenvalue weighted by Crippen LogP contribution is -2.43. The highest BCUT2D eigenvalue weighted by atomic mass is 35.5. The Labute approximate surface area is 140 Å². The topological polar surface area (TPSA) is 57.3 Å². The Kier molecular flexibility index (Phi) is 5.76. The van der Waals surface area contributed by atoms with Crippen LogP contribution in [0.5, 0.6) is 0 Å². The maximum Gasteiger partial charge on any atom is 0.266 e. The van der Waals surface area contributed by atoms with Crippen molar-refractivity contribution in [3.05, 3.63) is 40.2 Å². The van der Waals surface area contributed by atoms with Crippen LogP contribution >= 0.6 is 23.7 Å². The number of amides is 1. The molecule has 1 fully saturated rings. The molecule has 2 aromatic heterocycles. The number of thiophene rings is 1. The summed E-state index contributed by atoms with van der Waals surface area (Å²) in [4.78, 5) is 20.5. The largest absolute Gasteiger partial charge is 0.368 e. The van der Waals surface area contributed by atoms with Crippen LogP contribution in [0.4, 0.5) is 11.5 Å². The minimum Gasteiger partial charge on any atom is -0.368 e. The number of carbonyl (C=O) groups excluding carboxylic acids is 1. The normalized spacial score (nSPS) is 14.3. The van der Waals surface area contributed by atoms with Crippen molar-refractivity contribution in [2.45, 2.75) is 6.92 Å². The van der Waals surface area contributed by atoms with Crippen LogP contribution in [0.2, 0.25) is 0 Å². The average molecular weight is 339 g/mol. The van der Waals surface area contributed by atoms with Crippen molar-refractivity contribution >= 4 is 41.2 Å². The number of hydrogen-bond acceptors (Lipinski definition) is 5. The van der Waals surface area contributed by atoms with Crippen LogP contribution in [0.15, 0.2) is 30.5 Å².